The van der Waals surface area contributed by atoms with Gasteiger partial charge >= 0.3 is 0 Å². The van der Waals surface area contributed by atoms with E-state index in [9.17, 15) is 9.59 Å². The first-order valence-electron chi connectivity index (χ1n) is 5.75. The maximum absolute atomic E-state index is 11.6. The summed E-state index contributed by atoms with van der Waals surface area (Å²) in [6.45, 7) is 1.78. The lowest BCUT2D eigenvalue weighted by atomic mass is 9.93. The highest BCUT2D eigenvalue weighted by molar-refractivity contribution is 6.06. The number of hydrogen-bond acceptors (Lipinski definition) is 4. The van der Waals surface area contributed by atoms with Gasteiger partial charge in [0.25, 0.3) is 0 Å². The van der Waals surface area contributed by atoms with Gasteiger partial charge in [-0.2, -0.15) is 5.10 Å². The molecule has 0 aromatic heterocycles. The molecule has 0 aliphatic carbocycles. The summed E-state index contributed by atoms with van der Waals surface area (Å²) in [5.74, 6) is -1.53. The van der Waals surface area contributed by atoms with Crippen molar-refractivity contribution < 1.29 is 9.59 Å². The van der Waals surface area contributed by atoms with Crippen LogP contribution in [0.15, 0.2) is 22.3 Å². The van der Waals surface area contributed by atoms with E-state index < -0.39 is 11.8 Å². The fraction of sp³-hybridized carbons (Fsp3) is 0.167. The Hall–Kier alpha value is -2.90. The van der Waals surface area contributed by atoms with Crippen LogP contribution in [-0.2, 0) is 6.42 Å². The van der Waals surface area contributed by atoms with Crippen LogP contribution in [0.3, 0.4) is 0 Å². The molecule has 2 amide bonds. The highest BCUT2D eigenvalue weighted by Gasteiger charge is 2.18. The van der Waals surface area contributed by atoms with Crippen LogP contribution in [0.25, 0.3) is 0 Å². The molecule has 0 heterocycles. The fourth-order valence-electron chi connectivity index (χ4n) is 1.82. The molecular formula is C12H16N6O2. The van der Waals surface area contributed by atoms with E-state index in [1.54, 1.807) is 6.92 Å². The largest absolute Gasteiger partial charge is 0.369 e. The van der Waals surface area contributed by atoms with E-state index in [0.29, 0.717) is 17.5 Å². The van der Waals surface area contributed by atoms with E-state index in [-0.39, 0.29) is 17.1 Å². The Morgan fingerprint density at radius 3 is 2.25 bits per heavy atom. The molecule has 0 aliphatic rings. The Morgan fingerprint density at radius 1 is 1.15 bits per heavy atom. The van der Waals surface area contributed by atoms with Gasteiger partial charge in [0, 0.05) is 11.1 Å². The molecule has 0 saturated carbocycles. The lowest BCUT2D eigenvalue weighted by molar-refractivity contribution is 0.0999. The first kappa shape index (κ1) is 15.2. The number of carbonyl (C=O) groups is 2. The molecule has 8 N–H and O–H groups in total. The second kappa shape index (κ2) is 6.32. The molecule has 1 rings (SSSR count). The summed E-state index contributed by atoms with van der Waals surface area (Å²) in [5, 5.41) is 7.05. The first-order chi connectivity index (χ1) is 9.38. The van der Waals surface area contributed by atoms with E-state index in [1.165, 1.54) is 18.3 Å². The lowest BCUT2D eigenvalue weighted by Crippen LogP contribution is -2.22. The third kappa shape index (κ3) is 3.31. The maximum atomic E-state index is 11.6. The van der Waals surface area contributed by atoms with Crippen molar-refractivity contribution in [2.75, 3.05) is 0 Å². The second-order valence-corrected chi connectivity index (χ2v) is 3.91. The molecular weight excluding hydrogens is 260 g/mol. The van der Waals surface area contributed by atoms with Crippen molar-refractivity contribution >= 4 is 24.0 Å². The molecule has 106 valence electrons. The van der Waals surface area contributed by atoms with Gasteiger partial charge in [-0.3, -0.25) is 9.59 Å². The molecule has 0 atom stereocenters. The summed E-state index contributed by atoms with van der Waals surface area (Å²) >= 11 is 0. The van der Waals surface area contributed by atoms with Crippen LogP contribution in [-0.4, -0.2) is 24.0 Å². The predicted octanol–water partition coefficient (Wildman–Crippen LogP) is -0.946. The number of nitrogens with two attached hydrogens (primary N) is 4. The summed E-state index contributed by atoms with van der Waals surface area (Å²) in [5.41, 5.74) is 22.2. The highest BCUT2D eigenvalue weighted by atomic mass is 16.1. The minimum atomic E-state index is -0.684. The van der Waals surface area contributed by atoms with Gasteiger partial charge in [-0.25, -0.2) is 0 Å². The summed E-state index contributed by atoms with van der Waals surface area (Å²) in [6.07, 6.45) is 1.70. The van der Waals surface area contributed by atoms with E-state index in [2.05, 4.69) is 10.2 Å². The first-order valence-corrected chi connectivity index (χ1v) is 5.75. The predicted molar refractivity (Wildman–Crippen MR) is 76.3 cm³/mol. The Morgan fingerprint density at radius 2 is 1.80 bits per heavy atom. The van der Waals surface area contributed by atoms with Gasteiger partial charge in [0.1, 0.15) is 0 Å². The van der Waals surface area contributed by atoms with E-state index in [1.807, 2.05) is 0 Å². The van der Waals surface area contributed by atoms with Crippen molar-refractivity contribution in [3.63, 3.8) is 0 Å². The zero-order valence-electron chi connectivity index (χ0n) is 11.0. The van der Waals surface area contributed by atoms with Crippen LogP contribution in [0.4, 0.5) is 0 Å². The summed E-state index contributed by atoms with van der Waals surface area (Å²) in [6, 6.07) is 3.01. The highest BCUT2D eigenvalue weighted by Crippen LogP contribution is 2.19. The Kier molecular flexibility index (Phi) is 4.79. The summed E-state index contributed by atoms with van der Waals surface area (Å²) in [7, 11) is 0. The molecule has 0 aliphatic heterocycles. The molecule has 0 unspecified atom stereocenters. The summed E-state index contributed by atoms with van der Waals surface area (Å²) < 4.78 is 0. The van der Waals surface area contributed by atoms with Crippen LogP contribution in [0.5, 0.6) is 0 Å². The van der Waals surface area contributed by atoms with Crippen molar-refractivity contribution in [3.05, 3.63) is 34.4 Å². The Balaban J connectivity index is 3.47. The molecule has 0 radical (unpaired) electrons. The monoisotopic (exact) mass is 276 g/mol. The third-order valence-corrected chi connectivity index (χ3v) is 2.58. The van der Waals surface area contributed by atoms with Gasteiger partial charge in [0.2, 0.25) is 17.8 Å². The number of rotatable bonds is 5. The number of hydrogen-bond donors (Lipinski definition) is 4. The second-order valence-electron chi connectivity index (χ2n) is 3.91. The Bertz CT molecular complexity index is 602. The SMILES string of the molecule is CCc1c(C(N)=O)ccc(/C=N/N=C(N)N)c1C(N)=O. The van der Waals surface area contributed by atoms with Crippen LogP contribution in [0.2, 0.25) is 0 Å². The molecule has 1 aromatic rings. The van der Waals surface area contributed by atoms with Gasteiger partial charge in [-0.15, -0.1) is 5.10 Å². The Labute approximate surface area is 115 Å². The van der Waals surface area contributed by atoms with Crippen molar-refractivity contribution in [3.8, 4) is 0 Å². The van der Waals surface area contributed by atoms with Crippen molar-refractivity contribution in [1.29, 1.82) is 0 Å². The smallest absolute Gasteiger partial charge is 0.249 e. The molecule has 0 spiro atoms. The molecule has 8 nitrogen and oxygen atoms in total. The number of amides is 2. The van der Waals surface area contributed by atoms with Crippen LogP contribution in [0.1, 0.15) is 38.8 Å². The van der Waals surface area contributed by atoms with Gasteiger partial charge in [0.15, 0.2) is 0 Å². The average molecular weight is 276 g/mol. The van der Waals surface area contributed by atoms with Crippen molar-refractivity contribution in [1.82, 2.24) is 0 Å². The van der Waals surface area contributed by atoms with Gasteiger partial charge in [0.05, 0.1) is 11.8 Å². The molecule has 20 heavy (non-hydrogen) atoms. The molecule has 0 bridgehead atoms. The standard InChI is InChI=1S/C12H16N6O2/c1-2-7-8(10(13)19)4-3-6(9(7)11(14)20)5-17-18-12(15)16/h3-5H,2H2,1H3,(H2,13,19)(H2,14,20)(H4,15,16,18)/b17-5+. The average Bonchev–Trinajstić information content (AvgIpc) is 2.36. The van der Waals surface area contributed by atoms with E-state index in [4.69, 9.17) is 22.9 Å². The quantitative estimate of drug-likeness (QED) is 0.310. The lowest BCUT2D eigenvalue weighted by Gasteiger charge is -2.11. The zero-order valence-corrected chi connectivity index (χ0v) is 11.0. The topological polar surface area (TPSA) is 163 Å². The summed E-state index contributed by atoms with van der Waals surface area (Å²) in [4.78, 5) is 22.9. The van der Waals surface area contributed by atoms with Crippen molar-refractivity contribution in [2.45, 2.75) is 13.3 Å². The molecule has 1 aromatic carbocycles. The van der Waals surface area contributed by atoms with E-state index >= 15 is 0 Å². The number of carbonyl (C=O) groups excluding carboxylic acids is 2. The minimum Gasteiger partial charge on any atom is -0.369 e. The third-order valence-electron chi connectivity index (χ3n) is 2.58. The normalized spacial score (nSPS) is 10.4. The fourth-order valence-corrected chi connectivity index (χ4v) is 1.82. The van der Waals surface area contributed by atoms with Crippen LogP contribution >= 0.6 is 0 Å². The zero-order chi connectivity index (χ0) is 15.3. The maximum Gasteiger partial charge on any atom is 0.249 e. The van der Waals surface area contributed by atoms with E-state index in [0.717, 1.165) is 0 Å². The molecule has 0 saturated heterocycles. The van der Waals surface area contributed by atoms with Gasteiger partial charge in [-0.05, 0) is 18.1 Å². The number of nitrogens with zero attached hydrogens (tertiary/aromatic N) is 2. The van der Waals surface area contributed by atoms with Gasteiger partial charge < -0.3 is 22.9 Å². The molecule has 8 heteroatoms. The van der Waals surface area contributed by atoms with Crippen molar-refractivity contribution in [2.24, 2.45) is 33.1 Å². The molecule has 0 fully saturated rings. The number of guanidine groups is 1. The minimum absolute atomic E-state index is 0.179. The van der Waals surface area contributed by atoms with Crippen LogP contribution < -0.4 is 22.9 Å². The van der Waals surface area contributed by atoms with Gasteiger partial charge in [-0.1, -0.05) is 13.0 Å². The number of primary amides is 2. The number of benzene rings is 1. The van der Waals surface area contributed by atoms with Crippen LogP contribution in [0, 0.1) is 0 Å².